The van der Waals surface area contributed by atoms with Gasteiger partial charge in [0.05, 0.1) is 0 Å². The predicted molar refractivity (Wildman–Crippen MR) is 217 cm³/mol. The van der Waals surface area contributed by atoms with E-state index in [1.807, 2.05) is 37.8 Å². The van der Waals surface area contributed by atoms with Gasteiger partial charge in [-0.15, -0.1) is 0 Å². The van der Waals surface area contributed by atoms with Crippen LogP contribution in [0.4, 0.5) is 4.79 Å². The summed E-state index contributed by atoms with van der Waals surface area (Å²) in [6, 6.07) is 16.7. The summed E-state index contributed by atoms with van der Waals surface area (Å²) in [5, 5.41) is 3.35. The minimum Gasteiger partial charge on any atom is -0.444 e. The maximum Gasteiger partial charge on any atom is 0.410 e. The molecular weight excluding hydrogens is 800 g/mol. The fourth-order valence-electron chi connectivity index (χ4n) is 7.63. The third-order valence-electron chi connectivity index (χ3n) is 11.3. The van der Waals surface area contributed by atoms with Gasteiger partial charge in [-0.2, -0.15) is 0 Å². The molecule has 3 amide bonds. The van der Waals surface area contributed by atoms with Crippen molar-refractivity contribution < 1.29 is 19.1 Å². The highest BCUT2D eigenvalue weighted by Gasteiger charge is 2.42. The van der Waals surface area contributed by atoms with Crippen molar-refractivity contribution in [2.24, 2.45) is 10.8 Å². The van der Waals surface area contributed by atoms with Crippen molar-refractivity contribution in [2.45, 2.75) is 79.0 Å². The zero-order chi connectivity index (χ0) is 38.2. The Morgan fingerprint density at radius 2 is 1.02 bits per heavy atom. The average Bonchev–Trinajstić information content (AvgIpc) is 3.14. The molecule has 4 saturated heterocycles. The van der Waals surface area contributed by atoms with Gasteiger partial charge in [0, 0.05) is 98.3 Å². The van der Waals surface area contributed by atoms with Crippen LogP contribution in [0.5, 0.6) is 0 Å². The number of ether oxygens (including phenoxy) is 1. The number of nitrogens with one attached hydrogen (secondary N) is 1. The number of benzene rings is 2. The number of hydrogen-bond acceptors (Lipinski definition) is 7. The normalized spacial score (nSPS) is 21.0. The largest absolute Gasteiger partial charge is 0.444 e. The number of carbonyl (C=O) groups excluding carboxylic acids is 3. The highest BCUT2D eigenvalue weighted by Crippen LogP contribution is 2.34. The van der Waals surface area contributed by atoms with Crippen molar-refractivity contribution in [3.05, 3.63) is 68.6 Å². The molecule has 0 spiro atoms. The molecule has 0 bridgehead atoms. The molecule has 0 aliphatic carbocycles. The van der Waals surface area contributed by atoms with Crippen LogP contribution >= 0.6 is 31.9 Å². The third kappa shape index (κ3) is 11.5. The van der Waals surface area contributed by atoms with E-state index in [-0.39, 0.29) is 17.4 Å². The molecule has 1 N–H and O–H groups in total. The topological polar surface area (TPSA) is 88.7 Å². The van der Waals surface area contributed by atoms with E-state index < -0.39 is 11.0 Å². The molecule has 12 heteroatoms. The number of nitrogens with zero attached hydrogens (tertiary/aromatic N) is 5. The Labute approximate surface area is 334 Å². The smallest absolute Gasteiger partial charge is 0.410 e. The molecule has 4 fully saturated rings. The van der Waals surface area contributed by atoms with E-state index in [4.69, 9.17) is 4.74 Å². The highest BCUT2D eigenvalue weighted by molar-refractivity contribution is 9.10. The predicted octanol–water partition coefficient (Wildman–Crippen LogP) is 6.61. The van der Waals surface area contributed by atoms with Crippen molar-refractivity contribution in [1.82, 2.24) is 29.8 Å². The fourth-order valence-corrected chi connectivity index (χ4v) is 8.45. The molecule has 2 aromatic carbocycles. The molecule has 0 atom stereocenters. The van der Waals surface area contributed by atoms with Gasteiger partial charge in [-0.25, -0.2) is 4.79 Å². The van der Waals surface area contributed by atoms with Crippen LogP contribution in [0.1, 0.15) is 71.4 Å². The van der Waals surface area contributed by atoms with Crippen molar-refractivity contribution in [3.8, 4) is 0 Å². The number of piperidine rings is 2. The Morgan fingerprint density at radius 3 is 1.42 bits per heavy atom. The van der Waals surface area contributed by atoms with E-state index >= 15 is 0 Å². The van der Waals surface area contributed by atoms with E-state index in [0.29, 0.717) is 31.8 Å². The Kier molecular flexibility index (Phi) is 14.5. The van der Waals surface area contributed by atoms with E-state index in [2.05, 4.69) is 102 Å². The van der Waals surface area contributed by atoms with Crippen LogP contribution in [0, 0.1) is 10.8 Å². The molecular formula is C41H60Br2N6O4. The van der Waals surface area contributed by atoms with Gasteiger partial charge in [-0.1, -0.05) is 82.1 Å². The first-order valence-corrected chi connectivity index (χ1v) is 20.9. The number of hydrogen-bond donors (Lipinski definition) is 1. The molecule has 4 aliphatic heterocycles. The molecule has 0 saturated carbocycles. The number of piperazine rings is 2. The van der Waals surface area contributed by atoms with Crippen molar-refractivity contribution >= 4 is 49.8 Å². The monoisotopic (exact) mass is 858 g/mol. The molecule has 53 heavy (non-hydrogen) atoms. The summed E-state index contributed by atoms with van der Waals surface area (Å²) < 4.78 is 7.77. The summed E-state index contributed by atoms with van der Waals surface area (Å²) in [5.74, 6) is 0.589. The maximum absolute atomic E-state index is 13.3. The van der Waals surface area contributed by atoms with Crippen LogP contribution in [0.2, 0.25) is 0 Å². The lowest BCUT2D eigenvalue weighted by Crippen LogP contribution is -2.55. The number of halogens is 2. The summed E-state index contributed by atoms with van der Waals surface area (Å²) in [4.78, 5) is 49.1. The van der Waals surface area contributed by atoms with Crippen LogP contribution in [0.25, 0.3) is 0 Å². The van der Waals surface area contributed by atoms with Gasteiger partial charge in [0.15, 0.2) is 0 Å². The summed E-state index contributed by atoms with van der Waals surface area (Å²) >= 11 is 7.24. The molecule has 10 nitrogen and oxygen atoms in total. The quantitative estimate of drug-likeness (QED) is 0.350. The molecule has 0 unspecified atom stereocenters. The van der Waals surface area contributed by atoms with Crippen molar-refractivity contribution in [2.75, 3.05) is 78.5 Å². The fraction of sp³-hybridized carbons (Fsp3) is 0.634. The summed E-state index contributed by atoms with van der Waals surface area (Å²) in [6.45, 7) is 21.6. The highest BCUT2D eigenvalue weighted by atomic mass is 79.9. The Balaban J connectivity index is 0.000000211. The molecule has 0 aromatic heterocycles. The van der Waals surface area contributed by atoms with E-state index in [0.717, 1.165) is 95.9 Å². The van der Waals surface area contributed by atoms with E-state index in [1.54, 1.807) is 4.90 Å². The van der Waals surface area contributed by atoms with Crippen LogP contribution in [0.3, 0.4) is 0 Å². The van der Waals surface area contributed by atoms with Gasteiger partial charge in [0.2, 0.25) is 11.8 Å². The van der Waals surface area contributed by atoms with Crippen molar-refractivity contribution in [1.29, 1.82) is 0 Å². The summed E-state index contributed by atoms with van der Waals surface area (Å²) in [6.07, 6.45) is 3.01. The maximum atomic E-state index is 13.3. The SMILES string of the molecule is CC(C)(C)OC(=O)N1CCC(C)(C(=O)N2CCN(Cc3ccccc3Br)CC2)CC1.CC1(C(=O)N2CCN(Cc3ccccc3Br)CC2)CCNCC1. The number of rotatable bonds is 6. The molecule has 4 aliphatic rings. The average molecular weight is 861 g/mol. The molecule has 4 heterocycles. The van der Waals surface area contributed by atoms with Gasteiger partial charge < -0.3 is 24.8 Å². The van der Waals surface area contributed by atoms with Crippen molar-refractivity contribution in [3.63, 3.8) is 0 Å². The molecule has 0 radical (unpaired) electrons. The first-order chi connectivity index (χ1) is 25.2. The van der Waals surface area contributed by atoms with Crippen LogP contribution < -0.4 is 5.32 Å². The molecule has 292 valence electrons. The van der Waals surface area contributed by atoms with E-state index in [9.17, 15) is 14.4 Å². The zero-order valence-electron chi connectivity index (χ0n) is 32.5. The van der Waals surface area contributed by atoms with Crippen LogP contribution in [-0.2, 0) is 27.4 Å². The van der Waals surface area contributed by atoms with E-state index in [1.165, 1.54) is 15.6 Å². The lowest BCUT2D eigenvalue weighted by atomic mass is 9.79. The first-order valence-electron chi connectivity index (χ1n) is 19.3. The number of likely N-dealkylation sites (tertiary alicyclic amines) is 1. The summed E-state index contributed by atoms with van der Waals surface area (Å²) in [5.41, 5.74) is 1.54. The van der Waals surface area contributed by atoms with Gasteiger partial charge in [0.25, 0.3) is 0 Å². The molecule has 6 rings (SSSR count). The minimum absolute atomic E-state index is 0.157. The van der Waals surface area contributed by atoms with Gasteiger partial charge in [-0.05, 0) is 82.8 Å². The second-order valence-corrected chi connectivity index (χ2v) is 18.4. The van der Waals surface area contributed by atoms with Gasteiger partial charge in [-0.3, -0.25) is 19.4 Å². The second kappa shape index (κ2) is 18.4. The summed E-state index contributed by atoms with van der Waals surface area (Å²) in [7, 11) is 0. The Bertz CT molecular complexity index is 1540. The van der Waals surface area contributed by atoms with Gasteiger partial charge >= 0.3 is 6.09 Å². The second-order valence-electron chi connectivity index (χ2n) is 16.7. The minimum atomic E-state index is -0.497. The first kappa shape index (κ1) is 41.6. The zero-order valence-corrected chi connectivity index (χ0v) is 35.6. The molecule has 2 aromatic rings. The lowest BCUT2D eigenvalue weighted by molar-refractivity contribution is -0.146. The standard InChI is InChI=1S/C23H34BrN3O3.C18H26BrN3O/c1-22(2,3)30-21(29)27-11-9-23(4,10-12-27)20(28)26-15-13-25(14-16-26)17-18-7-5-6-8-19(18)24;1-18(6-8-20-9-7-18)17(23)22-12-10-21(11-13-22)14-15-4-2-3-5-16(15)19/h5-8H,9-17H2,1-4H3;2-5,20H,6-14H2,1H3. The third-order valence-corrected chi connectivity index (χ3v) is 12.8. The lowest BCUT2D eigenvalue weighted by Gasteiger charge is -2.43. The van der Waals surface area contributed by atoms with Crippen LogP contribution in [-0.4, -0.2) is 127 Å². The Morgan fingerprint density at radius 1 is 0.623 bits per heavy atom. The Hall–Kier alpha value is -2.51. The van der Waals surface area contributed by atoms with Gasteiger partial charge in [0.1, 0.15) is 5.60 Å². The van der Waals surface area contributed by atoms with Crippen LogP contribution in [0.15, 0.2) is 57.5 Å². The number of amides is 3. The number of carbonyl (C=O) groups is 3.